The molecule has 4 aromatic rings. The van der Waals surface area contributed by atoms with Crippen LogP contribution in [0.15, 0.2) is 48.5 Å². The van der Waals surface area contributed by atoms with Crippen LogP contribution in [-0.4, -0.2) is 87.1 Å². The number of aromatic nitrogens is 4. The summed E-state index contributed by atoms with van der Waals surface area (Å²) in [6.07, 6.45) is 0.956. The van der Waals surface area contributed by atoms with Crippen LogP contribution in [0.25, 0.3) is 10.9 Å². The van der Waals surface area contributed by atoms with Gasteiger partial charge in [-0.25, -0.2) is 9.67 Å². The molecule has 3 heterocycles. The number of fused-ring (bicyclic) bond motifs is 2. The van der Waals surface area contributed by atoms with E-state index in [2.05, 4.69) is 48.2 Å². The molecule has 14 nitrogen and oxygen atoms in total. The van der Waals surface area contributed by atoms with Crippen LogP contribution in [0.4, 0.5) is 0 Å². The molecule has 0 saturated carbocycles. The fourth-order valence-electron chi connectivity index (χ4n) is 6.49. The second kappa shape index (κ2) is 17.3. The molecule has 2 aromatic heterocycles. The van der Waals surface area contributed by atoms with Crippen LogP contribution < -0.4 is 26.0 Å². The fraction of sp³-hybridized carbons (Fsp3) is 0.474. The summed E-state index contributed by atoms with van der Waals surface area (Å²) in [6, 6.07) is 12.9. The number of ether oxygens (including phenoxy) is 1. The average molecular weight is 714 g/mol. The van der Waals surface area contributed by atoms with Crippen molar-refractivity contribution in [2.75, 3.05) is 26.7 Å². The lowest BCUT2D eigenvalue weighted by Crippen LogP contribution is -2.54. The highest BCUT2D eigenvalue weighted by Gasteiger charge is 2.31. The molecule has 0 saturated heterocycles. The Kier molecular flexibility index (Phi) is 12.7. The van der Waals surface area contributed by atoms with Gasteiger partial charge in [0, 0.05) is 49.1 Å². The molecule has 14 heteroatoms. The fourth-order valence-corrected chi connectivity index (χ4v) is 6.49. The summed E-state index contributed by atoms with van der Waals surface area (Å²) < 4.78 is 6.97. The first kappa shape index (κ1) is 38.0. The number of hydrogen-bond donors (Lipinski definition) is 5. The first-order chi connectivity index (χ1) is 24.9. The van der Waals surface area contributed by atoms with Gasteiger partial charge in [0.15, 0.2) is 5.82 Å². The standard InChI is InChI=1S/C38H51N9O5/c1-23(2)35-36-41-26(5)45-47(36)22-34(49)39-16-18-46(21-32-24(3)29-20-28(52-6)14-15-30(29)42-32)17-10-13-33(48)40-25(4)37(50)43-31(38(51)44-35)19-27-11-8-7-9-12-27/h7-9,11-12,14-15,20,23,25,31,35,42H,10,13,16-19,21-22H2,1-6H3,(H,39,49)(H,40,48)(H,43,50)(H,44,51)/t25-,31+,35-/m0/s1. The maximum Gasteiger partial charge on any atom is 0.243 e. The number of nitrogens with one attached hydrogen (secondary N) is 5. The smallest absolute Gasteiger partial charge is 0.243 e. The highest BCUT2D eigenvalue weighted by atomic mass is 16.5. The second-order valence-corrected chi connectivity index (χ2v) is 13.8. The monoisotopic (exact) mass is 713 g/mol. The van der Waals surface area contributed by atoms with E-state index >= 15 is 0 Å². The molecule has 278 valence electrons. The van der Waals surface area contributed by atoms with E-state index < -0.39 is 29.9 Å². The minimum atomic E-state index is -0.940. The number of rotatable bonds is 6. The highest BCUT2D eigenvalue weighted by Crippen LogP contribution is 2.27. The van der Waals surface area contributed by atoms with Crippen LogP contribution in [0.2, 0.25) is 0 Å². The molecule has 3 atom stereocenters. The molecule has 0 unspecified atom stereocenters. The summed E-state index contributed by atoms with van der Waals surface area (Å²) in [5, 5.41) is 17.3. The maximum atomic E-state index is 13.9. The number of carbonyl (C=O) groups excluding carboxylic acids is 4. The van der Waals surface area contributed by atoms with Crippen LogP contribution in [-0.2, 0) is 38.7 Å². The van der Waals surface area contributed by atoms with Gasteiger partial charge in [0.05, 0.1) is 13.2 Å². The number of aryl methyl sites for hydroxylation is 2. The van der Waals surface area contributed by atoms with Crippen molar-refractivity contribution in [1.29, 1.82) is 0 Å². The third-order valence-corrected chi connectivity index (χ3v) is 9.41. The Morgan fingerprint density at radius 3 is 2.44 bits per heavy atom. The summed E-state index contributed by atoms with van der Waals surface area (Å²) in [5.74, 6) is 0.179. The van der Waals surface area contributed by atoms with Crippen molar-refractivity contribution in [3.63, 3.8) is 0 Å². The average Bonchev–Trinajstić information content (AvgIpc) is 3.63. The number of aromatic amines is 1. The van der Waals surface area contributed by atoms with E-state index in [0.717, 1.165) is 33.5 Å². The molecule has 0 spiro atoms. The minimum Gasteiger partial charge on any atom is -0.497 e. The molecular formula is C38H51N9O5. The molecule has 52 heavy (non-hydrogen) atoms. The number of nitrogens with zero attached hydrogens (tertiary/aromatic N) is 4. The molecule has 0 radical (unpaired) electrons. The van der Waals surface area contributed by atoms with Crippen molar-refractivity contribution in [3.8, 4) is 5.75 Å². The third kappa shape index (κ3) is 9.75. The van der Waals surface area contributed by atoms with E-state index in [1.54, 1.807) is 21.0 Å². The van der Waals surface area contributed by atoms with Gasteiger partial charge in [-0.05, 0) is 69.0 Å². The van der Waals surface area contributed by atoms with Crippen LogP contribution >= 0.6 is 0 Å². The van der Waals surface area contributed by atoms with Gasteiger partial charge in [-0.15, -0.1) is 0 Å². The van der Waals surface area contributed by atoms with Crippen molar-refractivity contribution in [2.24, 2.45) is 5.92 Å². The molecule has 0 fully saturated rings. The van der Waals surface area contributed by atoms with Gasteiger partial charge in [0.2, 0.25) is 23.6 Å². The summed E-state index contributed by atoms with van der Waals surface area (Å²) in [4.78, 5) is 64.1. The predicted molar refractivity (Wildman–Crippen MR) is 197 cm³/mol. The molecule has 4 amide bonds. The summed E-state index contributed by atoms with van der Waals surface area (Å²) in [5.41, 5.74) is 4.00. The number of methoxy groups -OCH3 is 1. The quantitative estimate of drug-likeness (QED) is 0.203. The normalized spacial score (nSPS) is 20.5. The van der Waals surface area contributed by atoms with Gasteiger partial charge in [-0.2, -0.15) is 5.10 Å². The van der Waals surface area contributed by atoms with E-state index in [9.17, 15) is 19.2 Å². The predicted octanol–water partition coefficient (Wildman–Crippen LogP) is 2.84. The number of H-pyrrole nitrogens is 1. The van der Waals surface area contributed by atoms with Crippen molar-refractivity contribution in [2.45, 2.75) is 85.1 Å². The zero-order valence-electron chi connectivity index (χ0n) is 30.9. The molecule has 0 bridgehead atoms. The van der Waals surface area contributed by atoms with Crippen molar-refractivity contribution >= 4 is 34.5 Å². The lowest BCUT2D eigenvalue weighted by atomic mass is 10.0. The lowest BCUT2D eigenvalue weighted by molar-refractivity contribution is -0.132. The van der Waals surface area contributed by atoms with Crippen LogP contribution in [0, 0.1) is 19.8 Å². The Balaban J connectivity index is 1.40. The van der Waals surface area contributed by atoms with E-state index in [-0.39, 0.29) is 37.1 Å². The van der Waals surface area contributed by atoms with Gasteiger partial charge < -0.3 is 31.0 Å². The summed E-state index contributed by atoms with van der Waals surface area (Å²) >= 11 is 0. The van der Waals surface area contributed by atoms with E-state index in [1.807, 2.05) is 62.4 Å². The van der Waals surface area contributed by atoms with Crippen LogP contribution in [0.1, 0.15) is 68.1 Å². The summed E-state index contributed by atoms with van der Waals surface area (Å²) in [7, 11) is 1.65. The van der Waals surface area contributed by atoms with E-state index in [0.29, 0.717) is 44.2 Å². The van der Waals surface area contributed by atoms with Gasteiger partial charge in [-0.3, -0.25) is 24.1 Å². The topological polar surface area (TPSA) is 175 Å². The first-order valence-electron chi connectivity index (χ1n) is 17.9. The Morgan fingerprint density at radius 1 is 0.942 bits per heavy atom. The maximum absolute atomic E-state index is 13.9. The third-order valence-electron chi connectivity index (χ3n) is 9.41. The van der Waals surface area contributed by atoms with Crippen molar-refractivity contribution in [3.05, 3.63) is 77.0 Å². The molecule has 5 N–H and O–H groups in total. The van der Waals surface area contributed by atoms with E-state index in [4.69, 9.17) is 4.74 Å². The zero-order chi connectivity index (χ0) is 37.4. The Morgan fingerprint density at radius 2 is 1.71 bits per heavy atom. The first-order valence-corrected chi connectivity index (χ1v) is 17.9. The number of carbonyl (C=O) groups is 4. The van der Waals surface area contributed by atoms with Gasteiger partial charge in [-0.1, -0.05) is 44.2 Å². The Labute approximate surface area is 304 Å². The Hall–Kier alpha value is -5.24. The van der Waals surface area contributed by atoms with Gasteiger partial charge >= 0.3 is 0 Å². The summed E-state index contributed by atoms with van der Waals surface area (Å²) in [6.45, 7) is 11.3. The minimum absolute atomic E-state index is 0.0832. The number of hydrogen-bond acceptors (Lipinski definition) is 8. The number of benzene rings is 2. The molecule has 1 aliphatic heterocycles. The molecule has 0 aliphatic carbocycles. The van der Waals surface area contributed by atoms with Crippen molar-refractivity contribution < 1.29 is 23.9 Å². The molecular weight excluding hydrogens is 662 g/mol. The lowest BCUT2D eigenvalue weighted by Gasteiger charge is -2.27. The van der Waals surface area contributed by atoms with Crippen molar-refractivity contribution in [1.82, 2.24) is 45.9 Å². The SMILES string of the molecule is COc1ccc2[nH]c(CN3CCCC(=O)N[C@@H](C)C(=O)N[C@H](Cc4ccccc4)C(=O)N[C@@H](C(C)C)c4nc(C)nn4CC(=O)NCC3)c(C)c2c1. The number of amides is 4. The van der Waals surface area contributed by atoms with Crippen LogP contribution in [0.3, 0.4) is 0 Å². The zero-order valence-corrected chi connectivity index (χ0v) is 30.9. The van der Waals surface area contributed by atoms with Gasteiger partial charge in [0.1, 0.15) is 30.2 Å². The second-order valence-electron chi connectivity index (χ2n) is 13.8. The van der Waals surface area contributed by atoms with E-state index in [1.165, 1.54) is 4.68 Å². The van der Waals surface area contributed by atoms with Crippen LogP contribution in [0.5, 0.6) is 5.75 Å². The molecule has 5 rings (SSSR count). The van der Waals surface area contributed by atoms with Gasteiger partial charge in [0.25, 0.3) is 0 Å². The highest BCUT2D eigenvalue weighted by molar-refractivity contribution is 5.92. The molecule has 2 aromatic carbocycles. The molecule has 1 aliphatic rings. The largest absolute Gasteiger partial charge is 0.497 e. The Bertz CT molecular complexity index is 1870.